The quantitative estimate of drug-likeness (QED) is 0.548. The predicted molar refractivity (Wildman–Crippen MR) is 78.6 cm³/mol. The minimum Gasteiger partial charge on any atom is -0.288 e. The number of fused-ring (bicyclic) bond motifs is 1. The third-order valence-corrected chi connectivity index (χ3v) is 3.33. The number of hydrogen-bond donors (Lipinski definition) is 2. The van der Waals surface area contributed by atoms with Gasteiger partial charge >= 0.3 is 0 Å². The molecule has 2 N–H and O–H groups in total. The van der Waals surface area contributed by atoms with E-state index in [0.717, 1.165) is 11.1 Å². The summed E-state index contributed by atoms with van der Waals surface area (Å²) in [5, 5.41) is 11.0. The molecule has 0 aliphatic carbocycles. The molecule has 0 aliphatic rings. The summed E-state index contributed by atoms with van der Waals surface area (Å²) < 4.78 is 0. The Labute approximate surface area is 116 Å². The van der Waals surface area contributed by atoms with Crippen molar-refractivity contribution in [2.45, 2.75) is 0 Å². The highest BCUT2D eigenvalue weighted by atomic mass is 16.5. The van der Waals surface area contributed by atoms with E-state index in [9.17, 15) is 4.79 Å². The molecule has 0 unspecified atom stereocenters. The number of carbonyl (C=O) groups is 1. The van der Waals surface area contributed by atoms with Gasteiger partial charge in [0.2, 0.25) is 0 Å². The van der Waals surface area contributed by atoms with Crippen LogP contribution in [-0.4, -0.2) is 11.1 Å². The zero-order valence-electron chi connectivity index (χ0n) is 10.7. The van der Waals surface area contributed by atoms with E-state index in [0.29, 0.717) is 5.56 Å². The molecule has 0 aliphatic heterocycles. The number of nitrogens with one attached hydrogen (secondary N) is 1. The van der Waals surface area contributed by atoms with Gasteiger partial charge in [0.25, 0.3) is 5.91 Å². The van der Waals surface area contributed by atoms with E-state index in [-0.39, 0.29) is 0 Å². The maximum absolute atomic E-state index is 11.3. The molecule has 0 radical (unpaired) electrons. The zero-order chi connectivity index (χ0) is 13.9. The van der Waals surface area contributed by atoms with Gasteiger partial charge in [-0.3, -0.25) is 10.0 Å². The van der Waals surface area contributed by atoms with Crippen molar-refractivity contribution in [2.75, 3.05) is 0 Å². The van der Waals surface area contributed by atoms with Gasteiger partial charge in [0.15, 0.2) is 0 Å². The zero-order valence-corrected chi connectivity index (χ0v) is 10.7. The first-order valence-electron chi connectivity index (χ1n) is 6.31. The molecule has 1 amide bonds. The van der Waals surface area contributed by atoms with Gasteiger partial charge in [0.05, 0.1) is 0 Å². The van der Waals surface area contributed by atoms with Crippen molar-refractivity contribution in [2.24, 2.45) is 0 Å². The number of hydroxylamine groups is 1. The van der Waals surface area contributed by atoms with Crippen molar-refractivity contribution in [1.82, 2.24) is 5.48 Å². The molecule has 98 valence electrons. The third kappa shape index (κ3) is 2.27. The minimum absolute atomic E-state index is 0.428. The lowest BCUT2D eigenvalue weighted by atomic mass is 10.0. The molecule has 3 aromatic carbocycles. The predicted octanol–water partition coefficient (Wildman–Crippen LogP) is 3.63. The molecule has 3 heteroatoms. The summed E-state index contributed by atoms with van der Waals surface area (Å²) in [7, 11) is 0. The van der Waals surface area contributed by atoms with E-state index in [1.54, 1.807) is 17.6 Å². The molecule has 0 spiro atoms. The first-order valence-corrected chi connectivity index (χ1v) is 6.31. The van der Waals surface area contributed by atoms with Gasteiger partial charge in [-0.15, -0.1) is 0 Å². The van der Waals surface area contributed by atoms with Crippen LogP contribution in [0, 0.1) is 0 Å². The summed E-state index contributed by atoms with van der Waals surface area (Å²) in [5.41, 5.74) is 4.18. The molecule has 0 saturated heterocycles. The van der Waals surface area contributed by atoms with E-state index in [1.165, 1.54) is 10.8 Å². The fraction of sp³-hybridized carbons (Fsp3) is 0. The summed E-state index contributed by atoms with van der Waals surface area (Å²) in [6.07, 6.45) is 0. The summed E-state index contributed by atoms with van der Waals surface area (Å²) in [5.74, 6) is -0.505. The molecule has 20 heavy (non-hydrogen) atoms. The molecule has 0 saturated carbocycles. The summed E-state index contributed by atoms with van der Waals surface area (Å²) in [4.78, 5) is 11.3. The molecular weight excluding hydrogens is 250 g/mol. The second kappa shape index (κ2) is 5.15. The maximum atomic E-state index is 11.3. The van der Waals surface area contributed by atoms with Crippen molar-refractivity contribution in [3.05, 3.63) is 72.3 Å². The molecular formula is C17H13NO2. The second-order valence-electron chi connectivity index (χ2n) is 4.58. The normalized spacial score (nSPS) is 10.4. The highest BCUT2D eigenvalue weighted by molar-refractivity contribution is 5.94. The van der Waals surface area contributed by atoms with Gasteiger partial charge in [0, 0.05) is 5.56 Å². The lowest BCUT2D eigenvalue weighted by molar-refractivity contribution is 0.0706. The topological polar surface area (TPSA) is 49.3 Å². The van der Waals surface area contributed by atoms with E-state index < -0.39 is 5.91 Å². The van der Waals surface area contributed by atoms with Gasteiger partial charge in [-0.2, -0.15) is 0 Å². The lowest BCUT2D eigenvalue weighted by Crippen LogP contribution is -2.18. The van der Waals surface area contributed by atoms with E-state index >= 15 is 0 Å². The molecule has 0 atom stereocenters. The van der Waals surface area contributed by atoms with E-state index in [4.69, 9.17) is 5.21 Å². The number of amides is 1. The largest absolute Gasteiger partial charge is 0.288 e. The Morgan fingerprint density at radius 3 is 2.15 bits per heavy atom. The Balaban J connectivity index is 2.00. The molecule has 3 aromatic rings. The van der Waals surface area contributed by atoms with Crippen molar-refractivity contribution >= 4 is 16.7 Å². The fourth-order valence-corrected chi connectivity index (χ4v) is 2.25. The summed E-state index contributed by atoms with van der Waals surface area (Å²) in [6.45, 7) is 0. The monoisotopic (exact) mass is 263 g/mol. The van der Waals surface area contributed by atoms with Crippen LogP contribution in [0.15, 0.2) is 66.7 Å². The van der Waals surface area contributed by atoms with E-state index in [1.807, 2.05) is 24.3 Å². The summed E-state index contributed by atoms with van der Waals surface area (Å²) >= 11 is 0. The number of rotatable bonds is 2. The van der Waals surface area contributed by atoms with Crippen LogP contribution in [-0.2, 0) is 0 Å². The van der Waals surface area contributed by atoms with Crippen LogP contribution in [0.2, 0.25) is 0 Å². The van der Waals surface area contributed by atoms with Gasteiger partial charge < -0.3 is 0 Å². The van der Waals surface area contributed by atoms with Crippen LogP contribution in [0.4, 0.5) is 0 Å². The van der Waals surface area contributed by atoms with Crippen LogP contribution in [0.3, 0.4) is 0 Å². The smallest absolute Gasteiger partial charge is 0.274 e. The first-order chi connectivity index (χ1) is 9.78. The average molecular weight is 263 g/mol. The van der Waals surface area contributed by atoms with Gasteiger partial charge in [0.1, 0.15) is 0 Å². The molecule has 0 fully saturated rings. The highest BCUT2D eigenvalue weighted by Crippen LogP contribution is 2.24. The highest BCUT2D eigenvalue weighted by Gasteiger charge is 2.04. The Bertz CT molecular complexity index is 763. The van der Waals surface area contributed by atoms with Crippen LogP contribution in [0.5, 0.6) is 0 Å². The Morgan fingerprint density at radius 2 is 1.45 bits per heavy atom. The van der Waals surface area contributed by atoms with Gasteiger partial charge in [-0.05, 0) is 40.1 Å². The van der Waals surface area contributed by atoms with Crippen molar-refractivity contribution in [1.29, 1.82) is 0 Å². The molecule has 0 heterocycles. The number of hydrogen-bond acceptors (Lipinski definition) is 2. The van der Waals surface area contributed by atoms with Gasteiger partial charge in [-0.25, -0.2) is 5.48 Å². The Kier molecular flexibility index (Phi) is 3.19. The standard InChI is InChI=1S/C17H13NO2/c19-17(18-20)14-8-5-13(6-9-14)16-10-7-12-3-1-2-4-15(12)11-16/h1-11,20H,(H,18,19). The fourth-order valence-electron chi connectivity index (χ4n) is 2.25. The van der Waals surface area contributed by atoms with Crippen LogP contribution < -0.4 is 5.48 Å². The van der Waals surface area contributed by atoms with E-state index in [2.05, 4.69) is 30.3 Å². The SMILES string of the molecule is O=C(NO)c1ccc(-c2ccc3ccccc3c2)cc1. The average Bonchev–Trinajstić information content (AvgIpc) is 2.54. The summed E-state index contributed by atoms with van der Waals surface area (Å²) in [6, 6.07) is 21.6. The van der Waals surface area contributed by atoms with Crippen LogP contribution in [0.1, 0.15) is 10.4 Å². The van der Waals surface area contributed by atoms with Crippen LogP contribution >= 0.6 is 0 Å². The minimum atomic E-state index is -0.505. The van der Waals surface area contributed by atoms with Gasteiger partial charge in [-0.1, -0.05) is 48.5 Å². The molecule has 0 aromatic heterocycles. The van der Waals surface area contributed by atoms with Crippen molar-refractivity contribution < 1.29 is 10.0 Å². The van der Waals surface area contributed by atoms with Crippen molar-refractivity contribution in [3.63, 3.8) is 0 Å². The first kappa shape index (κ1) is 12.4. The third-order valence-electron chi connectivity index (χ3n) is 3.33. The Morgan fingerprint density at radius 1 is 0.800 bits per heavy atom. The maximum Gasteiger partial charge on any atom is 0.274 e. The molecule has 3 rings (SSSR count). The molecule has 0 bridgehead atoms. The lowest BCUT2D eigenvalue weighted by Gasteiger charge is -2.05. The van der Waals surface area contributed by atoms with Crippen LogP contribution in [0.25, 0.3) is 21.9 Å². The Hall–Kier alpha value is -2.65. The number of carbonyl (C=O) groups excluding carboxylic acids is 1. The molecule has 3 nitrogen and oxygen atoms in total. The second-order valence-corrected chi connectivity index (χ2v) is 4.58. The van der Waals surface area contributed by atoms with Crippen molar-refractivity contribution in [3.8, 4) is 11.1 Å². The number of benzene rings is 3.